The number of halogens is 2. The third kappa shape index (κ3) is 6.39. The van der Waals surface area contributed by atoms with Crippen LogP contribution in [-0.4, -0.2) is 60.0 Å². The fourth-order valence-electron chi connectivity index (χ4n) is 4.84. The van der Waals surface area contributed by atoms with Crippen molar-refractivity contribution in [1.82, 2.24) is 10.2 Å². The Morgan fingerprint density at radius 2 is 1.97 bits per heavy atom. The number of ether oxygens (including phenoxy) is 2. The third-order valence-electron chi connectivity index (χ3n) is 6.56. The van der Waals surface area contributed by atoms with Gasteiger partial charge >= 0.3 is 0 Å². The lowest BCUT2D eigenvalue weighted by atomic mass is 9.94. The zero-order valence-corrected chi connectivity index (χ0v) is 19.3. The number of rotatable bonds is 6. The quantitative estimate of drug-likeness (QED) is 0.672. The van der Waals surface area contributed by atoms with Gasteiger partial charge in [0.25, 0.3) is 0 Å². The van der Waals surface area contributed by atoms with Crippen molar-refractivity contribution < 1.29 is 28.2 Å². The normalized spacial score (nSPS) is 26.7. The van der Waals surface area contributed by atoms with Gasteiger partial charge in [0.15, 0.2) is 0 Å². The maximum Gasteiger partial charge on any atom is 0.223 e. The van der Waals surface area contributed by atoms with E-state index in [0.717, 1.165) is 17.7 Å². The summed E-state index contributed by atoms with van der Waals surface area (Å²) in [6.07, 6.45) is 0.255. The van der Waals surface area contributed by atoms with Gasteiger partial charge in [-0.05, 0) is 43.5 Å². The van der Waals surface area contributed by atoms with Gasteiger partial charge in [0.2, 0.25) is 5.91 Å². The molecular weight excluding hydrogens is 442 g/mol. The molecule has 5 atom stereocenters. The van der Waals surface area contributed by atoms with Crippen LogP contribution in [0.4, 0.5) is 8.78 Å². The standard InChI is InChI=1S/C26H32F2N2O4/c1-17(18-5-3-2-4-6-18)29-26(32)12-22-8-10-24-25(34-22)16-33-15-21(31)14-30(24)13-19-11-20(27)7-9-23(19)28/h2-7,9,11,17,21-22,24-25,31H,8,10,12-16H2,1H3,(H,29,32)/t17-,21+,22-,24-,25+/m0/s1. The fraction of sp³-hybridized carbons (Fsp3) is 0.500. The average molecular weight is 475 g/mol. The molecule has 0 saturated carbocycles. The highest BCUT2D eigenvalue weighted by Crippen LogP contribution is 2.29. The molecule has 0 aromatic heterocycles. The Hall–Kier alpha value is -2.39. The molecule has 2 aliphatic heterocycles. The Balaban J connectivity index is 1.39. The van der Waals surface area contributed by atoms with E-state index in [1.54, 1.807) is 0 Å². The van der Waals surface area contributed by atoms with Crippen LogP contribution in [0.3, 0.4) is 0 Å². The van der Waals surface area contributed by atoms with Gasteiger partial charge in [0, 0.05) is 24.7 Å². The number of hydrogen-bond acceptors (Lipinski definition) is 5. The predicted octanol–water partition coefficient (Wildman–Crippen LogP) is 3.34. The van der Waals surface area contributed by atoms with E-state index in [2.05, 4.69) is 5.32 Å². The number of amides is 1. The summed E-state index contributed by atoms with van der Waals surface area (Å²) in [6.45, 7) is 2.77. The number of fused-ring (bicyclic) bond motifs is 1. The predicted molar refractivity (Wildman–Crippen MR) is 123 cm³/mol. The van der Waals surface area contributed by atoms with Crippen LogP contribution in [0.15, 0.2) is 48.5 Å². The molecule has 2 aromatic carbocycles. The monoisotopic (exact) mass is 474 g/mol. The van der Waals surface area contributed by atoms with Crippen LogP contribution in [0.1, 0.15) is 43.4 Å². The van der Waals surface area contributed by atoms with Gasteiger partial charge in [-0.25, -0.2) is 8.78 Å². The number of hydrogen-bond donors (Lipinski definition) is 2. The maximum absolute atomic E-state index is 14.3. The van der Waals surface area contributed by atoms with Crippen LogP contribution in [-0.2, 0) is 20.8 Å². The molecular formula is C26H32F2N2O4. The smallest absolute Gasteiger partial charge is 0.223 e. The number of aliphatic hydroxyl groups is 1. The number of nitrogens with one attached hydrogen (secondary N) is 1. The van der Waals surface area contributed by atoms with Crippen LogP contribution < -0.4 is 5.32 Å². The molecule has 6 nitrogen and oxygen atoms in total. The Bertz CT molecular complexity index is 961. The Morgan fingerprint density at radius 1 is 1.18 bits per heavy atom. The van der Waals surface area contributed by atoms with Gasteiger partial charge in [-0.15, -0.1) is 0 Å². The second-order valence-corrected chi connectivity index (χ2v) is 9.20. The first kappa shape index (κ1) is 24.7. The Morgan fingerprint density at radius 3 is 2.76 bits per heavy atom. The highest BCUT2D eigenvalue weighted by Gasteiger charge is 2.38. The van der Waals surface area contributed by atoms with Crippen molar-refractivity contribution >= 4 is 5.91 Å². The summed E-state index contributed by atoms with van der Waals surface area (Å²) in [7, 11) is 0. The second kappa shape index (κ2) is 11.4. The van der Waals surface area contributed by atoms with E-state index >= 15 is 0 Å². The fourth-order valence-corrected chi connectivity index (χ4v) is 4.84. The first-order valence-electron chi connectivity index (χ1n) is 11.8. The van der Waals surface area contributed by atoms with E-state index in [4.69, 9.17) is 9.47 Å². The van der Waals surface area contributed by atoms with Crippen LogP contribution in [0.25, 0.3) is 0 Å². The van der Waals surface area contributed by atoms with Crippen molar-refractivity contribution in [2.75, 3.05) is 19.8 Å². The largest absolute Gasteiger partial charge is 0.389 e. The van der Waals surface area contributed by atoms with Gasteiger partial charge in [-0.3, -0.25) is 9.69 Å². The minimum atomic E-state index is -0.736. The van der Waals surface area contributed by atoms with Crippen molar-refractivity contribution in [2.45, 2.75) is 63.1 Å². The number of aliphatic hydroxyl groups excluding tert-OH is 1. The molecule has 2 aliphatic rings. The molecule has 34 heavy (non-hydrogen) atoms. The molecule has 2 saturated heterocycles. The number of β-amino-alcohol motifs (C(OH)–C–C–N with tert-alkyl or cyclic N) is 1. The lowest BCUT2D eigenvalue weighted by Crippen LogP contribution is -2.55. The summed E-state index contributed by atoms with van der Waals surface area (Å²) >= 11 is 0. The zero-order valence-electron chi connectivity index (χ0n) is 19.3. The zero-order chi connectivity index (χ0) is 24.1. The van der Waals surface area contributed by atoms with Gasteiger partial charge in [-0.2, -0.15) is 0 Å². The first-order chi connectivity index (χ1) is 16.4. The molecule has 2 aromatic rings. The van der Waals surface area contributed by atoms with Crippen LogP contribution >= 0.6 is 0 Å². The summed E-state index contributed by atoms with van der Waals surface area (Å²) in [5.74, 6) is -1.06. The van der Waals surface area contributed by atoms with Gasteiger partial charge in [0.05, 0.1) is 44.0 Å². The Kier molecular flexibility index (Phi) is 8.26. The van der Waals surface area contributed by atoms with Crippen molar-refractivity contribution in [3.8, 4) is 0 Å². The lowest BCUT2D eigenvalue weighted by Gasteiger charge is -2.44. The van der Waals surface area contributed by atoms with Crippen LogP contribution in [0, 0.1) is 11.6 Å². The number of carbonyl (C=O) groups excluding carboxylic acids is 1. The van der Waals surface area contributed by atoms with E-state index in [1.165, 1.54) is 6.07 Å². The molecule has 2 N–H and O–H groups in total. The molecule has 0 aliphatic carbocycles. The van der Waals surface area contributed by atoms with Gasteiger partial charge < -0.3 is 19.9 Å². The Labute approximate surface area is 198 Å². The number of benzene rings is 2. The van der Waals surface area contributed by atoms with E-state index in [-0.39, 0.29) is 68.5 Å². The number of nitrogens with zero attached hydrogens (tertiary/aromatic N) is 1. The minimum absolute atomic E-state index is 0.0827. The summed E-state index contributed by atoms with van der Waals surface area (Å²) in [5.41, 5.74) is 1.27. The topological polar surface area (TPSA) is 71.0 Å². The summed E-state index contributed by atoms with van der Waals surface area (Å²) in [4.78, 5) is 14.6. The highest BCUT2D eigenvalue weighted by atomic mass is 19.1. The van der Waals surface area contributed by atoms with Crippen molar-refractivity contribution in [1.29, 1.82) is 0 Å². The summed E-state index contributed by atoms with van der Waals surface area (Å²) in [5, 5.41) is 13.3. The first-order valence-corrected chi connectivity index (χ1v) is 11.8. The van der Waals surface area contributed by atoms with E-state index < -0.39 is 17.7 Å². The SMILES string of the molecule is C[C@H](NC(=O)C[C@@H]1CC[C@H]2[C@@H](COC[C@H](O)CN2Cc2cc(F)ccc2F)O1)c1ccccc1. The van der Waals surface area contributed by atoms with Gasteiger partial charge in [0.1, 0.15) is 11.6 Å². The highest BCUT2D eigenvalue weighted by molar-refractivity contribution is 5.77. The molecule has 184 valence electrons. The molecule has 0 unspecified atom stereocenters. The summed E-state index contributed by atoms with van der Waals surface area (Å²) < 4.78 is 39.9. The lowest BCUT2D eigenvalue weighted by molar-refractivity contribution is -0.158. The number of carbonyl (C=O) groups is 1. The molecule has 8 heteroatoms. The van der Waals surface area contributed by atoms with Crippen molar-refractivity contribution in [2.24, 2.45) is 0 Å². The van der Waals surface area contributed by atoms with Crippen LogP contribution in [0.5, 0.6) is 0 Å². The van der Waals surface area contributed by atoms with Gasteiger partial charge in [-0.1, -0.05) is 30.3 Å². The molecule has 0 bridgehead atoms. The van der Waals surface area contributed by atoms with E-state index in [9.17, 15) is 18.7 Å². The molecule has 0 radical (unpaired) electrons. The van der Waals surface area contributed by atoms with Crippen molar-refractivity contribution in [3.05, 3.63) is 71.3 Å². The molecule has 2 fully saturated rings. The van der Waals surface area contributed by atoms with Crippen molar-refractivity contribution in [3.63, 3.8) is 0 Å². The van der Waals surface area contributed by atoms with E-state index in [0.29, 0.717) is 12.8 Å². The summed E-state index contributed by atoms with van der Waals surface area (Å²) in [6, 6.07) is 12.9. The molecule has 1 amide bonds. The second-order valence-electron chi connectivity index (χ2n) is 9.20. The maximum atomic E-state index is 14.3. The van der Waals surface area contributed by atoms with Crippen LogP contribution in [0.2, 0.25) is 0 Å². The molecule has 2 heterocycles. The van der Waals surface area contributed by atoms with E-state index in [1.807, 2.05) is 42.2 Å². The molecule has 4 rings (SSSR count). The minimum Gasteiger partial charge on any atom is -0.389 e. The molecule has 0 spiro atoms. The average Bonchev–Trinajstić information content (AvgIpc) is 2.80. The third-order valence-corrected chi connectivity index (χ3v) is 6.56.